The average Bonchev–Trinajstić information content (AvgIpc) is 3.27. The molecule has 0 heterocycles. The molecule has 144 valence electrons. The summed E-state index contributed by atoms with van der Waals surface area (Å²) in [5.41, 5.74) is 2.87. The van der Waals surface area contributed by atoms with E-state index in [2.05, 4.69) is 93.5 Å². The van der Waals surface area contributed by atoms with E-state index in [4.69, 9.17) is 0 Å². The fourth-order valence-corrected chi connectivity index (χ4v) is 2.84. The molecule has 0 unspecified atom stereocenters. The van der Waals surface area contributed by atoms with Crippen molar-refractivity contribution in [1.82, 2.24) is 0 Å². The van der Waals surface area contributed by atoms with Crippen LogP contribution in [0.4, 0.5) is 0 Å². The van der Waals surface area contributed by atoms with Crippen LogP contribution < -0.4 is 0 Å². The van der Waals surface area contributed by atoms with E-state index in [1.54, 1.807) is 0 Å². The van der Waals surface area contributed by atoms with Gasteiger partial charge in [0.1, 0.15) is 0 Å². The molecule has 4 aromatic rings. The molecule has 0 aliphatic carbocycles. The Hall–Kier alpha value is -0.660. The molecular weight excluding hydrogens is 466 g/mol. The molecule has 4 aromatic carbocycles. The molecule has 4 heteroatoms. The molecule has 0 bridgehead atoms. The van der Waals surface area contributed by atoms with E-state index in [9.17, 15) is 0 Å². The molecular formula is C23H27Cl2SiZr-3. The Morgan fingerprint density at radius 1 is 0.704 bits per heavy atom. The normalized spacial score (nSPS) is 8.78. The molecule has 2 radical (unpaired) electrons. The molecule has 0 atom stereocenters. The van der Waals surface area contributed by atoms with Crippen LogP contribution in [0.15, 0.2) is 72.8 Å². The molecule has 0 saturated heterocycles. The summed E-state index contributed by atoms with van der Waals surface area (Å²) in [6, 6.07) is 26.0. The van der Waals surface area contributed by atoms with Gasteiger partial charge >= 0.3 is 30.2 Å². The number of benzene rings is 2. The summed E-state index contributed by atoms with van der Waals surface area (Å²) in [5, 5.41) is 5.46. The van der Waals surface area contributed by atoms with Crippen LogP contribution in [0, 0.1) is 7.43 Å². The predicted molar refractivity (Wildman–Crippen MR) is 125 cm³/mol. The molecule has 0 saturated carbocycles. The molecule has 0 nitrogen and oxygen atoms in total. The van der Waals surface area contributed by atoms with Gasteiger partial charge in [0.05, 0.1) is 0 Å². The molecule has 0 aliphatic heterocycles. The number of aryl methyl sites for hydroxylation is 2. The van der Waals surface area contributed by atoms with E-state index in [-0.39, 0.29) is 32.2 Å². The van der Waals surface area contributed by atoms with Crippen molar-refractivity contribution in [2.75, 3.05) is 0 Å². The van der Waals surface area contributed by atoms with Crippen molar-refractivity contribution in [3.05, 3.63) is 91.3 Å². The van der Waals surface area contributed by atoms with Crippen molar-refractivity contribution in [2.45, 2.75) is 26.7 Å². The van der Waals surface area contributed by atoms with E-state index in [1.807, 2.05) is 0 Å². The van der Waals surface area contributed by atoms with Crippen LogP contribution in [-0.4, -0.2) is 6.88 Å². The second-order valence-corrected chi connectivity index (χ2v) is 5.69. The first-order valence-corrected chi connectivity index (χ1v) is 12.5. The number of halogens is 2. The van der Waals surface area contributed by atoms with E-state index in [1.165, 1.54) is 56.0 Å². The van der Waals surface area contributed by atoms with Crippen molar-refractivity contribution in [3.8, 4) is 0 Å². The average molecular weight is 494 g/mol. The topological polar surface area (TPSA) is 0 Å². The maximum atomic E-state index is 3.06. The van der Waals surface area contributed by atoms with E-state index < -0.39 is 0 Å². The Labute approximate surface area is 193 Å². The Bertz CT molecular complexity index is 755. The second-order valence-electron chi connectivity index (χ2n) is 5.69. The maximum absolute atomic E-state index is 3.06. The van der Waals surface area contributed by atoms with Crippen LogP contribution in [0.1, 0.15) is 25.0 Å². The summed E-state index contributed by atoms with van der Waals surface area (Å²) < 4.78 is 0. The van der Waals surface area contributed by atoms with Gasteiger partial charge in [-0.05, 0) is 12.8 Å². The van der Waals surface area contributed by atoms with Crippen LogP contribution in [-0.2, 0) is 36.2 Å². The number of fused-ring (bicyclic) bond motifs is 2. The standard InChI is InChI=1S/2C11H11.CH3.2ClH.Si.Zr/c2*1-2-9-7-10-5-3-4-6-11(10)8-9;;;;;/h2*3-8H,2H2,1H3;1H3;2*1H;;/q3*-1;;;;. The Morgan fingerprint density at radius 2 is 1.04 bits per heavy atom. The summed E-state index contributed by atoms with van der Waals surface area (Å²) in [6.45, 7) is 7.44. The Kier molecular flexibility index (Phi) is 16.2. The van der Waals surface area contributed by atoms with Gasteiger partial charge in [-0.25, -0.2) is 0 Å². The van der Waals surface area contributed by atoms with Crippen LogP contribution in [0.25, 0.3) is 21.5 Å². The van der Waals surface area contributed by atoms with Gasteiger partial charge in [0.15, 0.2) is 0 Å². The van der Waals surface area contributed by atoms with Gasteiger partial charge in [-0.2, -0.15) is 12.1 Å². The van der Waals surface area contributed by atoms with E-state index in [0.29, 0.717) is 0 Å². The van der Waals surface area contributed by atoms with Gasteiger partial charge in [0.2, 0.25) is 0 Å². The summed E-state index contributed by atoms with van der Waals surface area (Å²) in [7, 11) is 0. The summed E-state index contributed by atoms with van der Waals surface area (Å²) in [4.78, 5) is 0. The third-order valence-corrected chi connectivity index (χ3v) is 4.17. The van der Waals surface area contributed by atoms with Crippen LogP contribution in [0.2, 0.25) is 0 Å². The molecule has 0 amide bonds. The number of hydrogen-bond acceptors (Lipinski definition) is 0. The molecule has 0 aromatic heterocycles. The summed E-state index contributed by atoms with van der Waals surface area (Å²) in [6.07, 6.45) is 2.27. The van der Waals surface area contributed by atoms with Gasteiger partial charge in [-0.1, -0.05) is 26.0 Å². The predicted octanol–water partition coefficient (Wildman–Crippen LogP) is 7.15. The molecule has 0 N–H and O–H groups in total. The monoisotopic (exact) mass is 491 g/mol. The van der Waals surface area contributed by atoms with Crippen molar-refractivity contribution >= 4 is 53.2 Å². The van der Waals surface area contributed by atoms with Crippen LogP contribution >= 0.6 is 24.8 Å². The number of hydrogen-bond donors (Lipinski definition) is 0. The second kappa shape index (κ2) is 15.3. The zero-order chi connectivity index (χ0) is 17.4. The molecule has 27 heavy (non-hydrogen) atoms. The van der Waals surface area contributed by atoms with Gasteiger partial charge in [-0.3, -0.25) is 0 Å². The Balaban J connectivity index is 0. The fourth-order valence-electron chi connectivity index (χ4n) is 2.84. The number of rotatable bonds is 2. The van der Waals surface area contributed by atoms with Gasteiger partial charge in [-0.15, -0.1) is 106 Å². The summed E-state index contributed by atoms with van der Waals surface area (Å²) >= 11 is 1.36. The minimum atomic E-state index is 0. The van der Waals surface area contributed by atoms with E-state index >= 15 is 0 Å². The minimum absolute atomic E-state index is 0. The van der Waals surface area contributed by atoms with Crippen molar-refractivity contribution in [1.29, 1.82) is 0 Å². The molecule has 4 rings (SSSR count). The van der Waals surface area contributed by atoms with Gasteiger partial charge in [0.25, 0.3) is 0 Å². The van der Waals surface area contributed by atoms with Crippen molar-refractivity contribution in [3.63, 3.8) is 0 Å². The molecule has 0 aliphatic rings. The van der Waals surface area contributed by atoms with Gasteiger partial charge in [0, 0.05) is 0 Å². The first kappa shape index (κ1) is 28.5. The van der Waals surface area contributed by atoms with Crippen molar-refractivity contribution < 1.29 is 23.3 Å². The first-order valence-electron chi connectivity index (χ1n) is 8.34. The zero-order valence-electron chi connectivity index (χ0n) is 16.2. The molecule has 0 spiro atoms. The third-order valence-electron chi connectivity index (χ3n) is 4.17. The zero-order valence-corrected chi connectivity index (χ0v) is 21.2. The third kappa shape index (κ3) is 8.08. The summed E-state index contributed by atoms with van der Waals surface area (Å²) in [5.74, 6) is 0. The SMILES string of the molecule is CCc1cc2ccccc2[cH-]1.CCc1cc2ccccc2[cH-]1.Cl.Cl.[CH3-].[Si]=[Zr]. The fraction of sp³-hybridized carbons (Fsp3) is 0.174. The Morgan fingerprint density at radius 3 is 1.33 bits per heavy atom. The van der Waals surface area contributed by atoms with Gasteiger partial charge < -0.3 is 7.43 Å². The molecule has 0 fully saturated rings. The van der Waals surface area contributed by atoms with E-state index in [0.717, 1.165) is 12.8 Å². The van der Waals surface area contributed by atoms with Crippen LogP contribution in [0.5, 0.6) is 0 Å². The van der Waals surface area contributed by atoms with Crippen LogP contribution in [0.3, 0.4) is 0 Å². The van der Waals surface area contributed by atoms with Crippen molar-refractivity contribution in [2.24, 2.45) is 0 Å². The quantitative estimate of drug-likeness (QED) is 0.205. The first-order chi connectivity index (χ1) is 11.8.